The molecule has 1 fully saturated rings. The molecule has 0 aromatic heterocycles. The molecular weight excluding hydrogens is 522 g/mol. The molecule has 0 radical (unpaired) electrons. The zero-order valence-electron chi connectivity index (χ0n) is 22.1. The van der Waals surface area contributed by atoms with Crippen molar-refractivity contribution in [1.82, 2.24) is 0 Å². The minimum absolute atomic E-state index is 0.0436. The lowest BCUT2D eigenvalue weighted by molar-refractivity contribution is -0.288. The third-order valence-corrected chi connectivity index (χ3v) is 5.34. The number of nitrogens with two attached hydrogens (primary N) is 1. The van der Waals surface area contributed by atoms with Crippen LogP contribution in [0, 0.1) is 0 Å². The minimum atomic E-state index is -1.53. The number of hydrogen-bond acceptors (Lipinski definition) is 14. The van der Waals surface area contributed by atoms with E-state index in [9.17, 15) is 28.8 Å². The fourth-order valence-corrected chi connectivity index (χ4v) is 3.75. The Balaban J connectivity index is 2.47. The van der Waals surface area contributed by atoms with E-state index in [4.69, 9.17) is 34.2 Å². The number of para-hydroxylation sites is 1. The van der Waals surface area contributed by atoms with E-state index in [2.05, 4.69) is 4.74 Å². The first-order chi connectivity index (χ1) is 18.3. The number of benzene rings is 1. The molecule has 0 saturated carbocycles. The summed E-state index contributed by atoms with van der Waals surface area (Å²) in [5.41, 5.74) is 6.11. The maximum Gasteiger partial charge on any atom is 0.305 e. The number of anilines is 1. The predicted molar refractivity (Wildman–Crippen MR) is 129 cm³/mol. The van der Waals surface area contributed by atoms with Crippen LogP contribution >= 0.6 is 0 Å². The van der Waals surface area contributed by atoms with Gasteiger partial charge in [0.25, 0.3) is 0 Å². The van der Waals surface area contributed by atoms with Crippen molar-refractivity contribution < 1.29 is 61.9 Å². The lowest BCUT2D eigenvalue weighted by Gasteiger charge is -2.44. The van der Waals surface area contributed by atoms with Crippen molar-refractivity contribution in [2.45, 2.75) is 71.2 Å². The molecular formula is C25H31NO13. The monoisotopic (exact) mass is 553 g/mol. The van der Waals surface area contributed by atoms with E-state index in [-0.39, 0.29) is 29.8 Å². The number of rotatable bonds is 11. The summed E-state index contributed by atoms with van der Waals surface area (Å²) in [4.78, 5) is 71.3. The Morgan fingerprint density at radius 3 is 1.97 bits per heavy atom. The molecule has 1 saturated heterocycles. The van der Waals surface area contributed by atoms with E-state index >= 15 is 0 Å². The summed E-state index contributed by atoms with van der Waals surface area (Å²) in [5, 5.41) is 0. The number of carbonyl (C=O) groups excluding carboxylic acids is 6. The van der Waals surface area contributed by atoms with Crippen LogP contribution in [-0.2, 0) is 52.4 Å². The molecule has 14 nitrogen and oxygen atoms in total. The fourth-order valence-electron chi connectivity index (χ4n) is 3.75. The van der Waals surface area contributed by atoms with Crippen LogP contribution < -0.4 is 10.5 Å². The van der Waals surface area contributed by atoms with Crippen LogP contribution in [0.1, 0.15) is 50.9 Å². The van der Waals surface area contributed by atoms with Gasteiger partial charge in [0.1, 0.15) is 18.5 Å². The van der Waals surface area contributed by atoms with E-state index in [1.54, 1.807) is 0 Å². The second-order valence-corrected chi connectivity index (χ2v) is 8.40. The number of methoxy groups -OCH3 is 1. The van der Waals surface area contributed by atoms with Crippen LogP contribution in [0.3, 0.4) is 0 Å². The van der Waals surface area contributed by atoms with Crippen LogP contribution in [0.25, 0.3) is 0 Å². The van der Waals surface area contributed by atoms with Gasteiger partial charge in [-0.3, -0.25) is 28.8 Å². The van der Waals surface area contributed by atoms with Gasteiger partial charge in [-0.15, -0.1) is 0 Å². The van der Waals surface area contributed by atoms with Gasteiger partial charge in [-0.05, 0) is 12.1 Å². The summed E-state index contributed by atoms with van der Waals surface area (Å²) in [7, 11) is 1.20. The predicted octanol–water partition coefficient (Wildman–Crippen LogP) is 0.867. The SMILES string of the molecule is COC(=O)CCC(=O)c1cccc(OC2O[C@H](COC(C)=O)[C@@H](OC(C)=O)[C@H](OC(C)=O)[C@H]2OC(C)=O)c1N. The minimum Gasteiger partial charge on any atom is -0.469 e. The average molecular weight is 554 g/mol. The van der Waals surface area contributed by atoms with Gasteiger partial charge in [-0.25, -0.2) is 0 Å². The van der Waals surface area contributed by atoms with Crippen LogP contribution in [0.4, 0.5) is 5.69 Å². The molecule has 214 valence electrons. The molecule has 0 bridgehead atoms. The van der Waals surface area contributed by atoms with Crippen molar-refractivity contribution in [3.63, 3.8) is 0 Å². The Hall–Kier alpha value is -4.20. The number of esters is 5. The summed E-state index contributed by atoms with van der Waals surface area (Å²) >= 11 is 0. The maximum absolute atomic E-state index is 12.7. The van der Waals surface area contributed by atoms with Crippen LogP contribution in [0.5, 0.6) is 5.75 Å². The summed E-state index contributed by atoms with van der Waals surface area (Å²) in [6, 6.07) is 4.29. The molecule has 14 heteroatoms. The van der Waals surface area contributed by atoms with Gasteiger partial charge in [0.05, 0.1) is 19.2 Å². The largest absolute Gasteiger partial charge is 0.469 e. The Bertz CT molecular complexity index is 1100. The molecule has 1 aromatic carbocycles. The lowest BCUT2D eigenvalue weighted by atomic mass is 9.98. The molecule has 39 heavy (non-hydrogen) atoms. The first-order valence-corrected chi connectivity index (χ1v) is 11.8. The van der Waals surface area contributed by atoms with Gasteiger partial charge >= 0.3 is 29.8 Å². The van der Waals surface area contributed by atoms with E-state index in [0.29, 0.717) is 0 Å². The number of hydrogen-bond donors (Lipinski definition) is 1. The van der Waals surface area contributed by atoms with E-state index in [1.165, 1.54) is 25.3 Å². The standard InChI is InChI=1S/C25H31NO13/c1-12(27)34-11-19-22(35-13(2)28)23(36-14(3)29)24(37-15(4)30)25(39-19)38-18-8-6-7-16(21(18)26)17(31)9-10-20(32)33-5/h6-8,19,22-25H,9-11,26H2,1-5H3/t19-,22-,23+,24-,25?/m1/s1. The molecule has 2 N–H and O–H groups in total. The number of ketones is 1. The van der Waals surface area contributed by atoms with Crippen molar-refractivity contribution in [3.8, 4) is 5.75 Å². The van der Waals surface area contributed by atoms with Crippen LogP contribution in [0.2, 0.25) is 0 Å². The number of Topliss-reactive ketones (excluding diaryl/α,β-unsaturated/α-hetero) is 1. The Morgan fingerprint density at radius 1 is 0.821 bits per heavy atom. The molecule has 1 heterocycles. The van der Waals surface area contributed by atoms with Crippen molar-refractivity contribution in [2.24, 2.45) is 0 Å². The average Bonchev–Trinajstić information content (AvgIpc) is 2.85. The first-order valence-electron chi connectivity index (χ1n) is 11.8. The molecule has 0 aliphatic carbocycles. The highest BCUT2D eigenvalue weighted by Crippen LogP contribution is 2.34. The summed E-state index contributed by atoms with van der Waals surface area (Å²) in [5.74, 6) is -4.19. The third kappa shape index (κ3) is 8.95. The Morgan fingerprint density at radius 2 is 1.41 bits per heavy atom. The van der Waals surface area contributed by atoms with Gasteiger partial charge in [0.15, 0.2) is 18.0 Å². The Kier molecular flexibility index (Phi) is 11.2. The third-order valence-electron chi connectivity index (χ3n) is 5.34. The second-order valence-electron chi connectivity index (χ2n) is 8.40. The molecule has 0 spiro atoms. The van der Waals surface area contributed by atoms with Gasteiger partial charge in [-0.2, -0.15) is 0 Å². The molecule has 5 atom stereocenters. The lowest BCUT2D eigenvalue weighted by Crippen LogP contribution is -2.63. The summed E-state index contributed by atoms with van der Waals surface area (Å²) < 4.78 is 37.4. The van der Waals surface area contributed by atoms with Crippen molar-refractivity contribution in [1.29, 1.82) is 0 Å². The van der Waals surface area contributed by atoms with Crippen LogP contribution in [-0.4, -0.2) is 80.1 Å². The smallest absolute Gasteiger partial charge is 0.305 e. The van der Waals surface area contributed by atoms with Gasteiger partial charge in [-0.1, -0.05) is 6.07 Å². The van der Waals surface area contributed by atoms with E-state index in [1.807, 2.05) is 0 Å². The molecule has 1 aliphatic rings. The van der Waals surface area contributed by atoms with Crippen molar-refractivity contribution in [3.05, 3.63) is 23.8 Å². The van der Waals surface area contributed by atoms with Gasteiger partial charge in [0.2, 0.25) is 12.4 Å². The maximum atomic E-state index is 12.7. The normalized spacial score (nSPS) is 22.1. The quantitative estimate of drug-likeness (QED) is 0.175. The molecule has 1 aliphatic heterocycles. The molecule has 0 amide bonds. The van der Waals surface area contributed by atoms with Crippen molar-refractivity contribution in [2.75, 3.05) is 19.5 Å². The summed E-state index contributed by atoms with van der Waals surface area (Å²) in [6.45, 7) is 3.97. The van der Waals surface area contributed by atoms with Gasteiger partial charge in [0, 0.05) is 39.7 Å². The highest BCUT2D eigenvalue weighted by molar-refractivity contribution is 6.02. The van der Waals surface area contributed by atoms with E-state index < -0.39 is 72.9 Å². The number of carbonyl (C=O) groups is 6. The molecule has 1 unspecified atom stereocenters. The summed E-state index contributed by atoms with van der Waals surface area (Å²) in [6.07, 6.45) is -7.40. The van der Waals surface area contributed by atoms with E-state index in [0.717, 1.165) is 27.7 Å². The molecule has 1 aromatic rings. The topological polar surface area (TPSA) is 193 Å². The highest BCUT2D eigenvalue weighted by Gasteiger charge is 2.53. The molecule has 2 rings (SSSR count). The van der Waals surface area contributed by atoms with Crippen LogP contribution in [0.15, 0.2) is 18.2 Å². The zero-order chi connectivity index (χ0) is 29.3. The zero-order valence-corrected chi connectivity index (χ0v) is 22.1. The van der Waals surface area contributed by atoms with Crippen molar-refractivity contribution >= 4 is 41.3 Å². The highest BCUT2D eigenvalue weighted by atomic mass is 16.7. The first kappa shape index (κ1) is 31.0. The van der Waals surface area contributed by atoms with Gasteiger partial charge < -0.3 is 38.9 Å². The second kappa shape index (κ2) is 14.1. The Labute approximate surface area is 223 Å². The number of ether oxygens (including phenoxy) is 7. The number of nitrogen functional groups attached to an aromatic ring is 1. The fraction of sp³-hybridized carbons (Fsp3) is 0.520.